The summed E-state index contributed by atoms with van der Waals surface area (Å²) in [5, 5.41) is 0.449. The summed E-state index contributed by atoms with van der Waals surface area (Å²) < 4.78 is 19.5. The number of halogens is 1. The number of hydrogen-bond acceptors (Lipinski definition) is 3. The third-order valence-corrected chi connectivity index (χ3v) is 3.45. The Kier molecular flexibility index (Phi) is 2.44. The zero-order chi connectivity index (χ0) is 11.0. The molecule has 0 amide bonds. The molecule has 0 unspecified atom stereocenters. The van der Waals surface area contributed by atoms with E-state index in [-0.39, 0.29) is 10.7 Å². The van der Waals surface area contributed by atoms with Gasteiger partial charge < -0.3 is 4.74 Å². The molecule has 15 heavy (non-hydrogen) atoms. The number of ether oxygens (including phenoxy) is 1. The van der Waals surface area contributed by atoms with E-state index in [4.69, 9.17) is 4.74 Å². The van der Waals surface area contributed by atoms with Gasteiger partial charge in [-0.1, -0.05) is 12.1 Å². The number of benzene rings is 1. The van der Waals surface area contributed by atoms with Crippen LogP contribution in [0.25, 0.3) is 10.1 Å². The van der Waals surface area contributed by atoms with Gasteiger partial charge in [-0.05, 0) is 6.07 Å². The van der Waals surface area contributed by atoms with Gasteiger partial charge in [0.25, 0.3) is 0 Å². The summed E-state index contributed by atoms with van der Waals surface area (Å²) in [5.74, 6) is -0.0962. The van der Waals surface area contributed by atoms with Crippen molar-refractivity contribution in [3.63, 3.8) is 0 Å². The molecule has 4 heteroatoms. The third kappa shape index (κ3) is 1.51. The van der Waals surface area contributed by atoms with E-state index >= 15 is 0 Å². The first-order valence-electron chi connectivity index (χ1n) is 4.41. The minimum atomic E-state index is -0.443. The lowest BCUT2D eigenvalue weighted by molar-refractivity contribution is 0.101. The molecule has 0 aliphatic rings. The minimum Gasteiger partial charge on any atom is -0.495 e. The fourth-order valence-corrected chi connectivity index (χ4v) is 2.52. The predicted octanol–water partition coefficient (Wildman–Crippen LogP) is 3.25. The molecule has 0 saturated carbocycles. The zero-order valence-electron chi connectivity index (χ0n) is 8.33. The lowest BCUT2D eigenvalue weighted by Gasteiger charge is -1.98. The number of thiophene rings is 1. The summed E-state index contributed by atoms with van der Waals surface area (Å²) in [6.45, 7) is 1.36. The number of fused-ring (bicyclic) bond motifs is 1. The first-order chi connectivity index (χ1) is 7.15. The Labute approximate surface area is 90.3 Å². The van der Waals surface area contributed by atoms with E-state index in [0.717, 1.165) is 11.3 Å². The van der Waals surface area contributed by atoms with E-state index in [2.05, 4.69) is 0 Å². The van der Waals surface area contributed by atoms with Crippen LogP contribution in [0.2, 0.25) is 0 Å². The fourth-order valence-electron chi connectivity index (χ4n) is 1.45. The molecule has 0 aliphatic heterocycles. The second-order valence-electron chi connectivity index (χ2n) is 3.14. The highest BCUT2D eigenvalue weighted by Gasteiger charge is 2.17. The van der Waals surface area contributed by atoms with Gasteiger partial charge in [0.2, 0.25) is 0 Å². The van der Waals surface area contributed by atoms with E-state index in [9.17, 15) is 9.18 Å². The van der Waals surface area contributed by atoms with E-state index in [0.29, 0.717) is 15.8 Å². The molecule has 2 aromatic rings. The highest BCUT2D eigenvalue weighted by molar-refractivity contribution is 7.21. The molecular weight excluding hydrogens is 215 g/mol. The number of ketones is 1. The van der Waals surface area contributed by atoms with Crippen LogP contribution in [0.4, 0.5) is 4.39 Å². The maximum Gasteiger partial charge on any atom is 0.172 e. The summed E-state index contributed by atoms with van der Waals surface area (Å²) in [4.78, 5) is 11.3. The summed E-state index contributed by atoms with van der Waals surface area (Å²) in [7, 11) is 1.53. The van der Waals surface area contributed by atoms with Crippen molar-refractivity contribution in [3.8, 4) is 5.75 Å². The molecule has 1 aromatic heterocycles. The molecular formula is C11H9FO2S. The van der Waals surface area contributed by atoms with Gasteiger partial charge in [0.15, 0.2) is 11.6 Å². The zero-order valence-corrected chi connectivity index (χ0v) is 9.15. The normalized spacial score (nSPS) is 10.6. The number of hydrogen-bond donors (Lipinski definition) is 0. The summed E-state index contributed by atoms with van der Waals surface area (Å²) in [6.07, 6.45) is 0. The quantitative estimate of drug-likeness (QED) is 0.732. The molecule has 1 heterocycles. The van der Waals surface area contributed by atoms with E-state index < -0.39 is 5.82 Å². The second-order valence-corrected chi connectivity index (χ2v) is 4.16. The van der Waals surface area contributed by atoms with Crippen molar-refractivity contribution < 1.29 is 13.9 Å². The Bertz CT molecular complexity index is 531. The summed E-state index contributed by atoms with van der Waals surface area (Å²) in [6, 6.07) is 5.11. The van der Waals surface area contributed by atoms with Gasteiger partial charge in [-0.25, -0.2) is 4.39 Å². The average Bonchev–Trinajstić information content (AvgIpc) is 2.56. The molecule has 2 rings (SSSR count). The molecule has 0 fully saturated rings. The van der Waals surface area contributed by atoms with Crippen molar-refractivity contribution in [1.29, 1.82) is 0 Å². The van der Waals surface area contributed by atoms with E-state index in [1.165, 1.54) is 14.0 Å². The van der Waals surface area contributed by atoms with Crippen LogP contribution in [0.15, 0.2) is 18.2 Å². The fraction of sp³-hybridized carbons (Fsp3) is 0.182. The van der Waals surface area contributed by atoms with Gasteiger partial charge in [-0.15, -0.1) is 11.3 Å². The molecule has 2 nitrogen and oxygen atoms in total. The molecule has 0 spiro atoms. The second kappa shape index (κ2) is 3.62. The van der Waals surface area contributed by atoms with E-state index in [1.807, 2.05) is 0 Å². The van der Waals surface area contributed by atoms with Crippen molar-refractivity contribution >= 4 is 27.2 Å². The Hall–Kier alpha value is -1.42. The van der Waals surface area contributed by atoms with Crippen molar-refractivity contribution in [2.24, 2.45) is 0 Å². The smallest absolute Gasteiger partial charge is 0.172 e. The third-order valence-electron chi connectivity index (χ3n) is 2.16. The van der Waals surface area contributed by atoms with Gasteiger partial charge in [0.1, 0.15) is 10.6 Å². The van der Waals surface area contributed by atoms with Crippen molar-refractivity contribution in [3.05, 3.63) is 28.9 Å². The lowest BCUT2D eigenvalue weighted by atomic mass is 10.2. The van der Waals surface area contributed by atoms with Gasteiger partial charge in [0, 0.05) is 12.3 Å². The molecule has 0 radical (unpaired) electrons. The van der Waals surface area contributed by atoms with Crippen LogP contribution in [0, 0.1) is 5.82 Å². The topological polar surface area (TPSA) is 26.3 Å². The molecule has 0 aliphatic carbocycles. The Morgan fingerprint density at radius 1 is 1.47 bits per heavy atom. The van der Waals surface area contributed by atoms with Crippen LogP contribution in [0.5, 0.6) is 5.75 Å². The number of carbonyl (C=O) groups is 1. The standard InChI is InChI=1S/C11H9FO2S/c1-6(13)10-9(12)7-4-3-5-8(14-2)11(7)15-10/h3-5H,1-2H3. The van der Waals surface area contributed by atoms with E-state index in [1.54, 1.807) is 18.2 Å². The minimum absolute atomic E-state index is 0.162. The number of methoxy groups -OCH3 is 1. The lowest BCUT2D eigenvalue weighted by Crippen LogP contribution is -1.89. The molecule has 78 valence electrons. The largest absolute Gasteiger partial charge is 0.495 e. The molecule has 0 bridgehead atoms. The highest BCUT2D eigenvalue weighted by atomic mass is 32.1. The Morgan fingerprint density at radius 2 is 2.20 bits per heavy atom. The molecule has 0 atom stereocenters. The van der Waals surface area contributed by atoms with Crippen LogP contribution >= 0.6 is 11.3 Å². The molecule has 0 saturated heterocycles. The number of rotatable bonds is 2. The van der Waals surface area contributed by atoms with Gasteiger partial charge >= 0.3 is 0 Å². The monoisotopic (exact) mass is 224 g/mol. The highest BCUT2D eigenvalue weighted by Crippen LogP contribution is 2.36. The number of carbonyl (C=O) groups excluding carboxylic acids is 1. The Morgan fingerprint density at radius 3 is 2.80 bits per heavy atom. The average molecular weight is 224 g/mol. The summed E-state index contributed by atoms with van der Waals surface area (Å²) in [5.41, 5.74) is 0. The SMILES string of the molecule is COc1cccc2c(F)c(C(C)=O)sc12. The first kappa shape index (κ1) is 10.1. The predicted molar refractivity (Wildman–Crippen MR) is 58.3 cm³/mol. The van der Waals surface area contributed by atoms with Crippen molar-refractivity contribution in [2.75, 3.05) is 7.11 Å². The van der Waals surface area contributed by atoms with Crippen LogP contribution < -0.4 is 4.74 Å². The van der Waals surface area contributed by atoms with Crippen molar-refractivity contribution in [1.82, 2.24) is 0 Å². The molecule has 0 N–H and O–H groups in total. The first-order valence-corrected chi connectivity index (χ1v) is 5.22. The number of Topliss-reactive ketones (excluding diaryl/α,β-unsaturated/α-hetero) is 1. The van der Waals surface area contributed by atoms with Gasteiger partial charge in [-0.3, -0.25) is 4.79 Å². The maximum atomic E-state index is 13.7. The Balaban J connectivity index is 2.81. The molecule has 1 aromatic carbocycles. The van der Waals surface area contributed by atoms with Crippen molar-refractivity contribution in [2.45, 2.75) is 6.92 Å². The van der Waals surface area contributed by atoms with Crippen LogP contribution in [0.3, 0.4) is 0 Å². The van der Waals surface area contributed by atoms with Crippen LogP contribution in [-0.4, -0.2) is 12.9 Å². The maximum absolute atomic E-state index is 13.7. The van der Waals surface area contributed by atoms with Crippen LogP contribution in [-0.2, 0) is 0 Å². The van der Waals surface area contributed by atoms with Crippen LogP contribution in [0.1, 0.15) is 16.6 Å². The van der Waals surface area contributed by atoms with Gasteiger partial charge in [0.05, 0.1) is 11.8 Å². The van der Waals surface area contributed by atoms with Gasteiger partial charge in [-0.2, -0.15) is 0 Å². The summed E-state index contributed by atoms with van der Waals surface area (Å²) >= 11 is 1.13.